The third-order valence-corrected chi connectivity index (χ3v) is 3.28. The predicted octanol–water partition coefficient (Wildman–Crippen LogP) is 2.46. The van der Waals surface area contributed by atoms with Gasteiger partial charge in [-0.05, 0) is 18.1 Å². The highest BCUT2D eigenvalue weighted by molar-refractivity contribution is 5.30. The van der Waals surface area contributed by atoms with Gasteiger partial charge in [0, 0.05) is 19.1 Å². The van der Waals surface area contributed by atoms with E-state index >= 15 is 0 Å². The zero-order chi connectivity index (χ0) is 11.5. The van der Waals surface area contributed by atoms with Gasteiger partial charge in [0.2, 0.25) is 0 Å². The van der Waals surface area contributed by atoms with Gasteiger partial charge in [0.1, 0.15) is 0 Å². The van der Waals surface area contributed by atoms with Crippen LogP contribution >= 0.6 is 0 Å². The van der Waals surface area contributed by atoms with E-state index in [4.69, 9.17) is 10.5 Å². The van der Waals surface area contributed by atoms with Gasteiger partial charge < -0.3 is 10.5 Å². The van der Waals surface area contributed by atoms with Crippen LogP contribution < -0.4 is 5.73 Å². The number of methoxy groups -OCH3 is 1. The minimum Gasteiger partial charge on any atom is -0.381 e. The second kappa shape index (κ2) is 4.77. The van der Waals surface area contributed by atoms with Crippen LogP contribution in [0.2, 0.25) is 0 Å². The fourth-order valence-corrected chi connectivity index (χ4v) is 1.63. The topological polar surface area (TPSA) is 35.2 Å². The quantitative estimate of drug-likeness (QED) is 0.823. The Bertz CT molecular complexity index is 320. The molecule has 0 aliphatic rings. The zero-order valence-corrected chi connectivity index (χ0v) is 10.1. The molecule has 1 atom stereocenters. The van der Waals surface area contributed by atoms with Gasteiger partial charge in [-0.3, -0.25) is 0 Å². The average Bonchev–Trinajstić information content (AvgIpc) is 2.27. The van der Waals surface area contributed by atoms with Crippen LogP contribution in [-0.2, 0) is 16.7 Å². The number of hydrogen-bond acceptors (Lipinski definition) is 2. The summed E-state index contributed by atoms with van der Waals surface area (Å²) in [6, 6.07) is 8.41. The molecule has 0 aromatic heterocycles. The van der Waals surface area contributed by atoms with Crippen molar-refractivity contribution in [3.63, 3.8) is 0 Å². The molecule has 15 heavy (non-hydrogen) atoms. The highest BCUT2D eigenvalue weighted by atomic mass is 16.5. The summed E-state index contributed by atoms with van der Waals surface area (Å²) in [7, 11) is 1.75. The van der Waals surface area contributed by atoms with E-state index in [2.05, 4.69) is 45.0 Å². The molecule has 1 rings (SSSR count). The second-order valence-electron chi connectivity index (χ2n) is 4.50. The summed E-state index contributed by atoms with van der Waals surface area (Å²) in [6.07, 6.45) is 0.186. The van der Waals surface area contributed by atoms with Crippen molar-refractivity contribution in [1.82, 2.24) is 0 Å². The number of ether oxygens (including phenoxy) is 1. The Balaban J connectivity index is 3.03. The zero-order valence-electron chi connectivity index (χ0n) is 10.1. The lowest BCUT2D eigenvalue weighted by molar-refractivity contribution is 0.0607. The summed E-state index contributed by atoms with van der Waals surface area (Å²) in [6.45, 7) is 7.06. The molecule has 0 fully saturated rings. The van der Waals surface area contributed by atoms with Crippen molar-refractivity contribution < 1.29 is 4.74 Å². The molecule has 0 spiro atoms. The Morgan fingerprint density at radius 2 is 2.07 bits per heavy atom. The molecule has 0 aliphatic carbocycles. The van der Waals surface area contributed by atoms with Crippen LogP contribution in [0, 0.1) is 0 Å². The van der Waals surface area contributed by atoms with E-state index in [1.807, 2.05) is 0 Å². The Morgan fingerprint density at radius 3 is 2.60 bits per heavy atom. The van der Waals surface area contributed by atoms with Crippen LogP contribution in [0.1, 0.15) is 31.9 Å². The number of rotatable bonds is 4. The Labute approximate surface area is 92.4 Å². The number of hydrogen-bond donors (Lipinski definition) is 1. The van der Waals surface area contributed by atoms with Gasteiger partial charge in [0.25, 0.3) is 0 Å². The lowest BCUT2D eigenvalue weighted by atomic mass is 9.79. The standard InChI is InChI=1S/C13H21NO/c1-10(15-4)13(2,3)12-7-5-6-11(8-12)9-14/h5-8,10H,9,14H2,1-4H3. The van der Waals surface area contributed by atoms with Crippen molar-refractivity contribution in [3.8, 4) is 0 Å². The van der Waals surface area contributed by atoms with Crippen molar-refractivity contribution in [3.05, 3.63) is 35.4 Å². The monoisotopic (exact) mass is 207 g/mol. The molecule has 84 valence electrons. The molecule has 0 amide bonds. The molecule has 1 unspecified atom stereocenters. The maximum Gasteiger partial charge on any atom is 0.0634 e. The highest BCUT2D eigenvalue weighted by Crippen LogP contribution is 2.29. The van der Waals surface area contributed by atoms with Gasteiger partial charge in [-0.1, -0.05) is 38.1 Å². The van der Waals surface area contributed by atoms with Gasteiger partial charge in [-0.25, -0.2) is 0 Å². The van der Waals surface area contributed by atoms with Gasteiger partial charge >= 0.3 is 0 Å². The molecule has 0 saturated heterocycles. The van der Waals surface area contributed by atoms with Crippen molar-refractivity contribution in [2.24, 2.45) is 5.73 Å². The third-order valence-electron chi connectivity index (χ3n) is 3.28. The van der Waals surface area contributed by atoms with E-state index in [1.165, 1.54) is 11.1 Å². The van der Waals surface area contributed by atoms with Crippen LogP contribution in [0.25, 0.3) is 0 Å². The molecule has 1 aromatic carbocycles. The first kappa shape index (κ1) is 12.2. The van der Waals surface area contributed by atoms with Crippen molar-refractivity contribution >= 4 is 0 Å². The van der Waals surface area contributed by atoms with Crippen LogP contribution in [0.4, 0.5) is 0 Å². The van der Waals surface area contributed by atoms with Gasteiger partial charge in [0.15, 0.2) is 0 Å². The number of benzene rings is 1. The minimum atomic E-state index is 0.0138. The largest absolute Gasteiger partial charge is 0.381 e. The molecular formula is C13H21NO. The van der Waals surface area contributed by atoms with Crippen molar-refractivity contribution in [2.75, 3.05) is 7.11 Å². The van der Waals surface area contributed by atoms with Gasteiger partial charge in [-0.2, -0.15) is 0 Å². The fourth-order valence-electron chi connectivity index (χ4n) is 1.63. The maximum absolute atomic E-state index is 5.64. The van der Waals surface area contributed by atoms with E-state index in [1.54, 1.807) is 7.11 Å². The average molecular weight is 207 g/mol. The summed E-state index contributed by atoms with van der Waals surface area (Å²) in [5, 5.41) is 0. The molecular weight excluding hydrogens is 186 g/mol. The lowest BCUT2D eigenvalue weighted by Crippen LogP contribution is -2.32. The van der Waals surface area contributed by atoms with E-state index in [0.29, 0.717) is 6.54 Å². The Kier molecular flexibility index (Phi) is 3.89. The van der Waals surface area contributed by atoms with E-state index in [9.17, 15) is 0 Å². The molecule has 2 N–H and O–H groups in total. The predicted molar refractivity (Wildman–Crippen MR) is 63.8 cm³/mol. The van der Waals surface area contributed by atoms with Gasteiger partial charge in [-0.15, -0.1) is 0 Å². The smallest absolute Gasteiger partial charge is 0.0634 e. The maximum atomic E-state index is 5.64. The van der Waals surface area contributed by atoms with E-state index in [0.717, 1.165) is 0 Å². The van der Waals surface area contributed by atoms with Crippen LogP contribution in [0.15, 0.2) is 24.3 Å². The van der Waals surface area contributed by atoms with E-state index < -0.39 is 0 Å². The third kappa shape index (κ3) is 2.58. The first-order valence-corrected chi connectivity index (χ1v) is 5.34. The molecule has 1 aromatic rings. The normalized spacial score (nSPS) is 13.9. The van der Waals surface area contributed by atoms with Crippen molar-refractivity contribution in [2.45, 2.75) is 38.8 Å². The SMILES string of the molecule is COC(C)C(C)(C)c1cccc(CN)c1. The molecule has 0 aliphatic heterocycles. The fraction of sp³-hybridized carbons (Fsp3) is 0.538. The first-order chi connectivity index (χ1) is 7.02. The highest BCUT2D eigenvalue weighted by Gasteiger charge is 2.27. The molecule has 2 heteroatoms. The van der Waals surface area contributed by atoms with Crippen LogP contribution in [0.5, 0.6) is 0 Å². The molecule has 0 radical (unpaired) electrons. The summed E-state index contributed by atoms with van der Waals surface area (Å²) in [5.74, 6) is 0. The summed E-state index contributed by atoms with van der Waals surface area (Å²) in [5.41, 5.74) is 8.10. The number of nitrogens with two attached hydrogens (primary N) is 1. The molecule has 2 nitrogen and oxygen atoms in total. The second-order valence-corrected chi connectivity index (χ2v) is 4.50. The lowest BCUT2D eigenvalue weighted by Gasteiger charge is -2.31. The summed E-state index contributed by atoms with van der Waals surface area (Å²) < 4.78 is 5.41. The Morgan fingerprint density at radius 1 is 1.40 bits per heavy atom. The van der Waals surface area contributed by atoms with Gasteiger partial charge in [0.05, 0.1) is 6.10 Å². The summed E-state index contributed by atoms with van der Waals surface area (Å²) in [4.78, 5) is 0. The van der Waals surface area contributed by atoms with Crippen LogP contribution in [-0.4, -0.2) is 13.2 Å². The molecule has 0 saturated carbocycles. The van der Waals surface area contributed by atoms with Crippen LogP contribution in [0.3, 0.4) is 0 Å². The van der Waals surface area contributed by atoms with E-state index in [-0.39, 0.29) is 11.5 Å². The Hall–Kier alpha value is -0.860. The summed E-state index contributed by atoms with van der Waals surface area (Å²) >= 11 is 0. The molecule has 0 bridgehead atoms. The molecule has 0 heterocycles. The minimum absolute atomic E-state index is 0.0138. The van der Waals surface area contributed by atoms with Crippen molar-refractivity contribution in [1.29, 1.82) is 0 Å². The first-order valence-electron chi connectivity index (χ1n) is 5.34.